The molecule has 17 heavy (non-hydrogen) atoms. The second-order valence-corrected chi connectivity index (χ2v) is 3.60. The maximum Gasteiger partial charge on any atom is 2.00 e. The minimum atomic E-state index is 0. The van der Waals surface area contributed by atoms with Gasteiger partial charge in [-0.2, -0.15) is 0 Å². The quantitative estimate of drug-likeness (QED) is 0.752. The van der Waals surface area contributed by atoms with Crippen molar-refractivity contribution in [3.8, 4) is 0 Å². The van der Waals surface area contributed by atoms with E-state index in [0.717, 1.165) is 13.1 Å². The molecule has 2 fully saturated rings. The van der Waals surface area contributed by atoms with Gasteiger partial charge in [0.15, 0.2) is 0 Å². The summed E-state index contributed by atoms with van der Waals surface area (Å²) >= 11 is 0. The Kier molecular flexibility index (Phi) is 11.8. The van der Waals surface area contributed by atoms with Gasteiger partial charge < -0.3 is 10.6 Å². The van der Waals surface area contributed by atoms with Crippen LogP contribution >= 0.6 is 0 Å². The minimum Gasteiger partial charge on any atom is -0.319 e. The summed E-state index contributed by atoms with van der Waals surface area (Å²) in [5.74, 6) is 2.78. The number of nitrogens with one attached hydrogen (secondary N) is 2. The third kappa shape index (κ3) is 7.46. The van der Waals surface area contributed by atoms with Crippen molar-refractivity contribution in [2.24, 2.45) is 0 Å². The molecule has 92 valence electrons. The van der Waals surface area contributed by atoms with E-state index in [1.54, 1.807) is 0 Å². The first kappa shape index (κ1) is 17.4. The van der Waals surface area contributed by atoms with Gasteiger partial charge in [-0.3, -0.25) is 0 Å². The molecule has 0 unspecified atom stereocenters. The van der Waals surface area contributed by atoms with Crippen LogP contribution in [0.2, 0.25) is 0 Å². The summed E-state index contributed by atoms with van der Waals surface area (Å²) in [7, 11) is 3.94. The first-order valence-corrected chi connectivity index (χ1v) is 5.57. The molecule has 0 saturated heterocycles. The first-order chi connectivity index (χ1) is 7.88. The van der Waals surface area contributed by atoms with Crippen LogP contribution in [-0.4, -0.2) is 27.2 Å². The molecule has 3 heteroatoms. The van der Waals surface area contributed by atoms with Crippen molar-refractivity contribution < 1.29 is 17.1 Å². The molecule has 0 aromatic carbocycles. The van der Waals surface area contributed by atoms with E-state index < -0.39 is 0 Å². The van der Waals surface area contributed by atoms with Crippen LogP contribution in [0.3, 0.4) is 0 Å². The SMILES string of the molecule is CNC[C]1[CH][CH][CH][C]1CNC.[CH]1[CH][CH][CH][CH]1.[Fe+2]. The summed E-state index contributed by atoms with van der Waals surface area (Å²) in [5.41, 5.74) is 0. The molecule has 0 aliphatic heterocycles. The topological polar surface area (TPSA) is 24.1 Å². The van der Waals surface area contributed by atoms with E-state index in [9.17, 15) is 0 Å². The van der Waals surface area contributed by atoms with Gasteiger partial charge in [-0.1, -0.05) is 0 Å². The van der Waals surface area contributed by atoms with E-state index in [2.05, 4.69) is 29.9 Å². The van der Waals surface area contributed by atoms with Gasteiger partial charge in [0.1, 0.15) is 0 Å². The van der Waals surface area contributed by atoms with E-state index in [0.29, 0.717) is 0 Å². The Morgan fingerprint density at radius 3 is 1.35 bits per heavy atom. The molecule has 0 heterocycles. The average molecular weight is 272 g/mol. The van der Waals surface area contributed by atoms with Crippen molar-refractivity contribution in [3.63, 3.8) is 0 Å². The second-order valence-electron chi connectivity index (χ2n) is 3.60. The van der Waals surface area contributed by atoms with Crippen molar-refractivity contribution in [1.82, 2.24) is 10.6 Å². The molecule has 2 saturated carbocycles. The first-order valence-electron chi connectivity index (χ1n) is 5.57. The Hall–Kier alpha value is 0.439. The summed E-state index contributed by atoms with van der Waals surface area (Å²) < 4.78 is 0. The van der Waals surface area contributed by atoms with Crippen LogP contribution in [0.1, 0.15) is 0 Å². The molecule has 0 amide bonds. The van der Waals surface area contributed by atoms with Gasteiger partial charge in [-0.15, -0.1) is 0 Å². The zero-order chi connectivity index (χ0) is 11.6. The molecular weight excluding hydrogens is 252 g/mol. The summed E-state index contributed by atoms with van der Waals surface area (Å²) in [5, 5.41) is 6.28. The molecule has 0 aromatic heterocycles. The summed E-state index contributed by atoms with van der Waals surface area (Å²) in [6, 6.07) is 0. The van der Waals surface area contributed by atoms with E-state index in [-0.39, 0.29) is 17.1 Å². The molecule has 2 aliphatic rings. The molecule has 0 spiro atoms. The fourth-order valence-corrected chi connectivity index (χ4v) is 1.54. The zero-order valence-corrected chi connectivity index (χ0v) is 11.5. The van der Waals surface area contributed by atoms with Crippen LogP contribution in [-0.2, 0) is 17.1 Å². The van der Waals surface area contributed by atoms with Crippen molar-refractivity contribution in [3.05, 3.63) is 63.2 Å². The molecule has 0 atom stereocenters. The molecule has 2 aliphatic carbocycles. The van der Waals surface area contributed by atoms with Gasteiger partial charge in [-0.05, 0) is 65.5 Å². The van der Waals surface area contributed by atoms with Crippen molar-refractivity contribution in [2.75, 3.05) is 27.2 Å². The number of hydrogen-bond donors (Lipinski definition) is 2. The molecule has 2 rings (SSSR count). The summed E-state index contributed by atoms with van der Waals surface area (Å²) in [6.45, 7) is 1.92. The van der Waals surface area contributed by atoms with E-state index >= 15 is 0 Å². The Bertz CT molecular complexity index is 141. The Morgan fingerprint density at radius 2 is 1.06 bits per heavy atom. The molecule has 2 N–H and O–H groups in total. The standard InChI is InChI=1S/C9H15N2.C5H5.Fe/c1-10-6-8-4-3-5-9(8)7-11-2;1-2-4-5-3-1;/h3-5,10-11H,6-7H2,1-2H3;1-5H;/q;;+2. The maximum absolute atomic E-state index is 3.14. The van der Waals surface area contributed by atoms with Crippen LogP contribution < -0.4 is 10.6 Å². The van der Waals surface area contributed by atoms with Crippen LogP contribution in [0.15, 0.2) is 0 Å². The van der Waals surface area contributed by atoms with Crippen LogP contribution in [0, 0.1) is 63.2 Å². The average Bonchev–Trinajstić information content (AvgIpc) is 2.93. The van der Waals surface area contributed by atoms with Gasteiger partial charge in [0.2, 0.25) is 0 Å². The number of rotatable bonds is 4. The molecule has 0 aromatic rings. The van der Waals surface area contributed by atoms with E-state index in [1.807, 2.05) is 46.2 Å². The van der Waals surface area contributed by atoms with Gasteiger partial charge in [0.25, 0.3) is 0 Å². The zero-order valence-electron chi connectivity index (χ0n) is 10.4. The third-order valence-corrected chi connectivity index (χ3v) is 2.30. The van der Waals surface area contributed by atoms with Crippen LogP contribution in [0.25, 0.3) is 0 Å². The Morgan fingerprint density at radius 1 is 0.706 bits per heavy atom. The van der Waals surface area contributed by atoms with E-state index in [4.69, 9.17) is 0 Å². The van der Waals surface area contributed by atoms with Crippen LogP contribution in [0.4, 0.5) is 0 Å². The van der Waals surface area contributed by atoms with Crippen molar-refractivity contribution in [1.29, 1.82) is 0 Å². The molecule has 10 radical (unpaired) electrons. The van der Waals surface area contributed by atoms with Gasteiger partial charge in [-0.25, -0.2) is 0 Å². The normalized spacial score (nSPS) is 20.8. The fraction of sp³-hybridized carbons (Fsp3) is 0.286. The predicted octanol–water partition coefficient (Wildman–Crippen LogP) is 1.22. The van der Waals surface area contributed by atoms with Crippen molar-refractivity contribution >= 4 is 0 Å². The monoisotopic (exact) mass is 272 g/mol. The van der Waals surface area contributed by atoms with Gasteiger partial charge in [0, 0.05) is 24.9 Å². The molecule has 0 bridgehead atoms. The Labute approximate surface area is 118 Å². The smallest absolute Gasteiger partial charge is 0.319 e. The summed E-state index contributed by atoms with van der Waals surface area (Å²) in [4.78, 5) is 0. The minimum absolute atomic E-state index is 0. The van der Waals surface area contributed by atoms with Crippen molar-refractivity contribution in [2.45, 2.75) is 0 Å². The summed E-state index contributed by atoms with van der Waals surface area (Å²) in [6.07, 6.45) is 16.4. The second kappa shape index (κ2) is 11.5. The third-order valence-electron chi connectivity index (χ3n) is 2.30. The molecular formula is C14H20FeN2+2. The van der Waals surface area contributed by atoms with E-state index in [1.165, 1.54) is 11.8 Å². The molecule has 2 nitrogen and oxygen atoms in total. The fourth-order valence-electron chi connectivity index (χ4n) is 1.54. The van der Waals surface area contributed by atoms with Crippen LogP contribution in [0.5, 0.6) is 0 Å². The largest absolute Gasteiger partial charge is 2.00 e. The van der Waals surface area contributed by atoms with Gasteiger partial charge in [0.05, 0.1) is 0 Å². The number of hydrogen-bond acceptors (Lipinski definition) is 2. The van der Waals surface area contributed by atoms with Gasteiger partial charge >= 0.3 is 17.1 Å². The predicted molar refractivity (Wildman–Crippen MR) is 68.7 cm³/mol. The Balaban J connectivity index is 0.000000360. The maximum atomic E-state index is 3.14.